The molecule has 1 aliphatic rings. The summed E-state index contributed by atoms with van der Waals surface area (Å²) in [5, 5.41) is 0. The molecule has 3 nitrogen and oxygen atoms in total. The topological polar surface area (TPSA) is 43.4 Å². The SMILES string of the molecule is O=C(OCc1ccccc1)C1Cc2cccc(F)c2C1=O. The predicted molar refractivity (Wildman–Crippen MR) is 74.2 cm³/mol. The van der Waals surface area contributed by atoms with Crippen LogP contribution in [0.2, 0.25) is 0 Å². The molecule has 0 N–H and O–H groups in total. The summed E-state index contributed by atoms with van der Waals surface area (Å²) >= 11 is 0. The zero-order valence-corrected chi connectivity index (χ0v) is 11.2. The second-order valence-corrected chi connectivity index (χ2v) is 4.99. The number of carbonyl (C=O) groups excluding carboxylic acids is 2. The van der Waals surface area contributed by atoms with Crippen LogP contribution in [0.25, 0.3) is 0 Å². The molecule has 21 heavy (non-hydrogen) atoms. The highest BCUT2D eigenvalue weighted by atomic mass is 19.1. The number of rotatable bonds is 3. The fourth-order valence-corrected chi connectivity index (χ4v) is 2.52. The number of ether oxygens (including phenoxy) is 1. The average molecular weight is 284 g/mol. The highest BCUT2D eigenvalue weighted by Crippen LogP contribution is 2.29. The maximum Gasteiger partial charge on any atom is 0.317 e. The zero-order valence-electron chi connectivity index (χ0n) is 11.2. The number of esters is 1. The Morgan fingerprint density at radius 2 is 1.90 bits per heavy atom. The summed E-state index contributed by atoms with van der Waals surface area (Å²) < 4.78 is 18.8. The van der Waals surface area contributed by atoms with Crippen LogP contribution in [0, 0.1) is 11.7 Å². The molecule has 0 aromatic heterocycles. The Labute approximate surface area is 121 Å². The number of ketones is 1. The Bertz CT molecular complexity index is 694. The molecule has 0 amide bonds. The third-order valence-electron chi connectivity index (χ3n) is 3.60. The Hall–Kier alpha value is -2.49. The van der Waals surface area contributed by atoms with Gasteiger partial charge in [0.05, 0.1) is 5.56 Å². The van der Waals surface area contributed by atoms with Crippen molar-refractivity contribution >= 4 is 11.8 Å². The van der Waals surface area contributed by atoms with E-state index in [1.165, 1.54) is 6.07 Å². The van der Waals surface area contributed by atoms with Crippen LogP contribution >= 0.6 is 0 Å². The lowest BCUT2D eigenvalue weighted by atomic mass is 10.1. The van der Waals surface area contributed by atoms with Gasteiger partial charge < -0.3 is 4.74 Å². The Morgan fingerprint density at radius 1 is 1.14 bits per heavy atom. The highest BCUT2D eigenvalue weighted by molar-refractivity contribution is 6.12. The predicted octanol–water partition coefficient (Wildman–Crippen LogP) is 2.92. The van der Waals surface area contributed by atoms with E-state index >= 15 is 0 Å². The zero-order chi connectivity index (χ0) is 14.8. The van der Waals surface area contributed by atoms with Crippen molar-refractivity contribution in [2.45, 2.75) is 13.0 Å². The first-order valence-electron chi connectivity index (χ1n) is 6.69. The van der Waals surface area contributed by atoms with Crippen molar-refractivity contribution in [1.29, 1.82) is 0 Å². The first-order valence-corrected chi connectivity index (χ1v) is 6.69. The minimum atomic E-state index is -0.930. The van der Waals surface area contributed by atoms with Crippen LogP contribution in [0.15, 0.2) is 48.5 Å². The maximum atomic E-state index is 13.7. The Balaban J connectivity index is 1.70. The fourth-order valence-electron chi connectivity index (χ4n) is 2.52. The summed E-state index contributed by atoms with van der Waals surface area (Å²) in [5.41, 5.74) is 1.45. The fraction of sp³-hybridized carbons (Fsp3) is 0.176. The number of carbonyl (C=O) groups is 2. The minimum Gasteiger partial charge on any atom is -0.460 e. The number of Topliss-reactive ketones (excluding diaryl/α,β-unsaturated/α-hetero) is 1. The van der Waals surface area contributed by atoms with Crippen LogP contribution in [-0.2, 0) is 22.6 Å². The Kier molecular flexibility index (Phi) is 3.52. The molecule has 1 atom stereocenters. The third kappa shape index (κ3) is 2.57. The first kappa shape index (κ1) is 13.5. The average Bonchev–Trinajstić information content (AvgIpc) is 2.84. The molecule has 106 valence electrons. The van der Waals surface area contributed by atoms with Crippen LogP contribution in [0.1, 0.15) is 21.5 Å². The van der Waals surface area contributed by atoms with Crippen LogP contribution in [0.5, 0.6) is 0 Å². The lowest BCUT2D eigenvalue weighted by molar-refractivity contribution is -0.147. The van der Waals surface area contributed by atoms with Gasteiger partial charge in [-0.2, -0.15) is 0 Å². The maximum absolute atomic E-state index is 13.7. The number of hydrogen-bond acceptors (Lipinski definition) is 3. The second-order valence-electron chi connectivity index (χ2n) is 4.99. The van der Waals surface area contributed by atoms with Crippen LogP contribution < -0.4 is 0 Å². The lowest BCUT2D eigenvalue weighted by Gasteiger charge is -2.08. The van der Waals surface area contributed by atoms with E-state index in [9.17, 15) is 14.0 Å². The molecule has 0 heterocycles. The van der Waals surface area contributed by atoms with Gasteiger partial charge in [-0.25, -0.2) is 4.39 Å². The van der Waals surface area contributed by atoms with Gasteiger partial charge in [0.1, 0.15) is 18.3 Å². The van der Waals surface area contributed by atoms with E-state index in [1.807, 2.05) is 30.3 Å². The summed E-state index contributed by atoms with van der Waals surface area (Å²) in [5.74, 6) is -2.59. The molecule has 4 heteroatoms. The molecule has 0 saturated carbocycles. The molecule has 1 aliphatic carbocycles. The third-order valence-corrected chi connectivity index (χ3v) is 3.60. The quantitative estimate of drug-likeness (QED) is 0.643. The van der Waals surface area contributed by atoms with E-state index in [4.69, 9.17) is 4.74 Å². The summed E-state index contributed by atoms with van der Waals surface area (Å²) in [7, 11) is 0. The number of hydrogen-bond donors (Lipinski definition) is 0. The summed E-state index contributed by atoms with van der Waals surface area (Å²) in [6.45, 7) is 0.113. The minimum absolute atomic E-state index is 0.0270. The van der Waals surface area contributed by atoms with Crippen molar-refractivity contribution in [3.05, 3.63) is 71.0 Å². The van der Waals surface area contributed by atoms with Crippen LogP contribution in [-0.4, -0.2) is 11.8 Å². The van der Waals surface area contributed by atoms with E-state index in [0.29, 0.717) is 5.56 Å². The van der Waals surface area contributed by atoms with Gasteiger partial charge in [-0.3, -0.25) is 9.59 Å². The monoisotopic (exact) mass is 284 g/mol. The summed E-state index contributed by atoms with van der Waals surface area (Å²) in [6.07, 6.45) is 0.208. The van der Waals surface area contributed by atoms with Gasteiger partial charge in [0.15, 0.2) is 5.78 Å². The van der Waals surface area contributed by atoms with E-state index < -0.39 is 23.5 Å². The van der Waals surface area contributed by atoms with Crippen molar-refractivity contribution in [1.82, 2.24) is 0 Å². The van der Waals surface area contributed by atoms with E-state index in [2.05, 4.69) is 0 Å². The van der Waals surface area contributed by atoms with Gasteiger partial charge in [-0.05, 0) is 23.6 Å². The smallest absolute Gasteiger partial charge is 0.317 e. The summed E-state index contributed by atoms with van der Waals surface area (Å²) in [6, 6.07) is 13.7. The second kappa shape index (κ2) is 5.48. The van der Waals surface area contributed by atoms with Crippen molar-refractivity contribution in [3.63, 3.8) is 0 Å². The molecule has 0 bridgehead atoms. The molecule has 1 unspecified atom stereocenters. The molecule has 3 rings (SSSR count). The molecule has 0 radical (unpaired) electrons. The van der Waals surface area contributed by atoms with E-state index in [0.717, 1.165) is 5.56 Å². The summed E-state index contributed by atoms with van der Waals surface area (Å²) in [4.78, 5) is 24.2. The van der Waals surface area contributed by atoms with Crippen molar-refractivity contribution in [2.75, 3.05) is 0 Å². The van der Waals surface area contributed by atoms with Crippen molar-refractivity contribution in [3.8, 4) is 0 Å². The van der Waals surface area contributed by atoms with Crippen molar-refractivity contribution < 1.29 is 18.7 Å². The van der Waals surface area contributed by atoms with Gasteiger partial charge in [0.2, 0.25) is 0 Å². The van der Waals surface area contributed by atoms with Gasteiger partial charge in [-0.1, -0.05) is 42.5 Å². The number of fused-ring (bicyclic) bond motifs is 1. The highest BCUT2D eigenvalue weighted by Gasteiger charge is 2.38. The molecule has 0 fully saturated rings. The van der Waals surface area contributed by atoms with Crippen molar-refractivity contribution in [2.24, 2.45) is 5.92 Å². The number of halogens is 1. The van der Waals surface area contributed by atoms with Gasteiger partial charge >= 0.3 is 5.97 Å². The van der Waals surface area contributed by atoms with E-state index in [1.54, 1.807) is 12.1 Å². The van der Waals surface area contributed by atoms with Gasteiger partial charge in [0.25, 0.3) is 0 Å². The molecular weight excluding hydrogens is 271 g/mol. The van der Waals surface area contributed by atoms with Crippen LogP contribution in [0.3, 0.4) is 0 Å². The molecule has 0 saturated heterocycles. The molecule has 0 aliphatic heterocycles. The molecule has 0 spiro atoms. The van der Waals surface area contributed by atoms with Crippen LogP contribution in [0.4, 0.5) is 4.39 Å². The van der Waals surface area contributed by atoms with E-state index in [-0.39, 0.29) is 18.6 Å². The number of benzene rings is 2. The first-order chi connectivity index (χ1) is 10.2. The molecule has 2 aromatic rings. The van der Waals surface area contributed by atoms with Gasteiger partial charge in [-0.15, -0.1) is 0 Å². The standard InChI is InChI=1S/C17H13FO3/c18-14-8-4-7-12-9-13(16(19)15(12)14)17(20)21-10-11-5-2-1-3-6-11/h1-8,13H,9-10H2. The van der Waals surface area contributed by atoms with Gasteiger partial charge in [0, 0.05) is 0 Å². The molecule has 2 aromatic carbocycles. The lowest BCUT2D eigenvalue weighted by Crippen LogP contribution is -2.23. The Morgan fingerprint density at radius 3 is 2.62 bits per heavy atom. The molecular formula is C17H13FO3. The normalized spacial score (nSPS) is 16.6. The largest absolute Gasteiger partial charge is 0.460 e.